The number of furan rings is 1. The molecule has 0 aliphatic rings. The van der Waals surface area contributed by atoms with Gasteiger partial charge in [-0.3, -0.25) is 4.79 Å². The van der Waals surface area contributed by atoms with Gasteiger partial charge in [-0.1, -0.05) is 0 Å². The summed E-state index contributed by atoms with van der Waals surface area (Å²) in [5.41, 5.74) is 1.66. The number of carbonyl (C=O) groups is 1. The molecule has 0 spiro atoms. The summed E-state index contributed by atoms with van der Waals surface area (Å²) in [4.78, 5) is 28.3. The van der Waals surface area contributed by atoms with Crippen molar-refractivity contribution in [3.8, 4) is 0 Å². The molecule has 0 atom stereocenters. The van der Waals surface area contributed by atoms with Crippen molar-refractivity contribution in [1.82, 2.24) is 9.97 Å². The molecule has 3 aromatic rings. The summed E-state index contributed by atoms with van der Waals surface area (Å²) in [7, 11) is 0. The number of nitrogens with one attached hydrogen (secondary N) is 3. The average molecular weight is 283 g/mol. The Labute approximate surface area is 119 Å². The molecular formula is C15H13N3O3. The van der Waals surface area contributed by atoms with Gasteiger partial charge in [-0.15, -0.1) is 0 Å². The second kappa shape index (κ2) is 5.16. The normalized spacial score (nSPS) is 11.3. The molecule has 0 unspecified atom stereocenters. The third-order valence-corrected chi connectivity index (χ3v) is 2.94. The number of hydrogen-bond donors (Lipinski definition) is 3. The highest BCUT2D eigenvalue weighted by Gasteiger charge is 2.02. The molecule has 0 saturated heterocycles. The number of fused-ring (bicyclic) bond motifs is 1. The molecule has 0 bridgehead atoms. The second-order valence-corrected chi connectivity index (χ2v) is 4.61. The first-order chi connectivity index (χ1) is 10.1. The van der Waals surface area contributed by atoms with Crippen LogP contribution in [0.3, 0.4) is 0 Å². The van der Waals surface area contributed by atoms with Gasteiger partial charge in [-0.05, 0) is 43.3 Å². The molecule has 0 saturated carbocycles. The van der Waals surface area contributed by atoms with Gasteiger partial charge >= 0.3 is 5.69 Å². The van der Waals surface area contributed by atoms with Crippen LogP contribution >= 0.6 is 0 Å². The van der Waals surface area contributed by atoms with Crippen LogP contribution in [0, 0.1) is 6.92 Å². The molecule has 6 heteroatoms. The van der Waals surface area contributed by atoms with Crippen molar-refractivity contribution in [3.63, 3.8) is 0 Å². The number of imidazole rings is 1. The molecule has 3 N–H and O–H groups in total. The number of benzene rings is 1. The molecule has 3 rings (SSSR count). The topological polar surface area (TPSA) is 90.9 Å². The molecule has 21 heavy (non-hydrogen) atoms. The first-order valence-electron chi connectivity index (χ1n) is 6.38. The predicted octanol–water partition coefficient (Wildman–Crippen LogP) is 2.41. The fourth-order valence-electron chi connectivity index (χ4n) is 2.00. The van der Waals surface area contributed by atoms with E-state index in [1.54, 1.807) is 30.3 Å². The van der Waals surface area contributed by atoms with Crippen LogP contribution in [0.4, 0.5) is 5.69 Å². The summed E-state index contributed by atoms with van der Waals surface area (Å²) in [5.74, 6) is 1.13. The summed E-state index contributed by atoms with van der Waals surface area (Å²) >= 11 is 0. The molecule has 2 aromatic heterocycles. The number of aromatic nitrogens is 2. The smallest absolute Gasteiger partial charge is 0.323 e. The summed E-state index contributed by atoms with van der Waals surface area (Å²) in [6, 6.07) is 8.75. The Hall–Kier alpha value is -3.02. The van der Waals surface area contributed by atoms with E-state index < -0.39 is 0 Å². The minimum Gasteiger partial charge on any atom is -0.462 e. The van der Waals surface area contributed by atoms with Crippen LogP contribution in [0.5, 0.6) is 0 Å². The van der Waals surface area contributed by atoms with Crippen molar-refractivity contribution in [3.05, 3.63) is 58.4 Å². The van der Waals surface area contributed by atoms with Crippen molar-refractivity contribution in [1.29, 1.82) is 0 Å². The fraction of sp³-hybridized carbons (Fsp3) is 0.0667. The van der Waals surface area contributed by atoms with E-state index in [0.717, 1.165) is 5.76 Å². The minimum absolute atomic E-state index is 0.276. The lowest BCUT2D eigenvalue weighted by molar-refractivity contribution is -0.111. The maximum Gasteiger partial charge on any atom is 0.323 e. The van der Waals surface area contributed by atoms with Crippen LogP contribution in [0.2, 0.25) is 0 Å². The largest absolute Gasteiger partial charge is 0.462 e. The Morgan fingerprint density at radius 1 is 1.19 bits per heavy atom. The van der Waals surface area contributed by atoms with Gasteiger partial charge in [0, 0.05) is 11.8 Å². The van der Waals surface area contributed by atoms with E-state index in [-0.39, 0.29) is 11.6 Å². The maximum atomic E-state index is 11.8. The number of aromatic amines is 2. The number of H-pyrrole nitrogens is 2. The lowest BCUT2D eigenvalue weighted by Gasteiger charge is -2.01. The van der Waals surface area contributed by atoms with E-state index in [9.17, 15) is 9.59 Å². The molecule has 0 radical (unpaired) electrons. The summed E-state index contributed by atoms with van der Waals surface area (Å²) < 4.78 is 5.33. The van der Waals surface area contributed by atoms with Crippen LogP contribution in [-0.2, 0) is 4.79 Å². The Kier molecular flexibility index (Phi) is 3.19. The molecule has 0 aliphatic heterocycles. The maximum absolute atomic E-state index is 11.8. The zero-order chi connectivity index (χ0) is 14.8. The van der Waals surface area contributed by atoms with Gasteiger partial charge < -0.3 is 19.7 Å². The highest BCUT2D eigenvalue weighted by atomic mass is 16.3. The fourth-order valence-corrected chi connectivity index (χ4v) is 2.00. The van der Waals surface area contributed by atoms with Crippen LogP contribution < -0.4 is 11.0 Å². The van der Waals surface area contributed by atoms with Gasteiger partial charge in [0.15, 0.2) is 0 Å². The van der Waals surface area contributed by atoms with Crippen LogP contribution in [0.1, 0.15) is 11.5 Å². The Morgan fingerprint density at radius 3 is 2.76 bits per heavy atom. The molecule has 106 valence electrons. The second-order valence-electron chi connectivity index (χ2n) is 4.61. The highest BCUT2D eigenvalue weighted by molar-refractivity contribution is 6.02. The van der Waals surface area contributed by atoms with E-state index in [2.05, 4.69) is 15.3 Å². The van der Waals surface area contributed by atoms with Crippen molar-refractivity contribution < 1.29 is 9.21 Å². The first kappa shape index (κ1) is 13.0. The standard InChI is InChI=1S/C15H13N3O3/c1-9-2-4-11(21-9)5-7-14(19)16-10-3-6-12-13(8-10)18-15(20)17-12/h2-8H,1H3,(H,16,19)(H2,17,18,20)/b7-5+. The van der Waals surface area contributed by atoms with E-state index in [4.69, 9.17) is 4.42 Å². The van der Waals surface area contributed by atoms with Gasteiger partial charge in [-0.2, -0.15) is 0 Å². The van der Waals surface area contributed by atoms with E-state index in [1.807, 2.05) is 13.0 Å². The highest BCUT2D eigenvalue weighted by Crippen LogP contribution is 2.14. The van der Waals surface area contributed by atoms with E-state index in [1.165, 1.54) is 6.08 Å². The van der Waals surface area contributed by atoms with Gasteiger partial charge in [0.2, 0.25) is 5.91 Å². The molecule has 2 heterocycles. The van der Waals surface area contributed by atoms with Crippen molar-refractivity contribution in [2.75, 3.05) is 5.32 Å². The van der Waals surface area contributed by atoms with Crippen molar-refractivity contribution in [2.24, 2.45) is 0 Å². The number of hydrogen-bond acceptors (Lipinski definition) is 3. The molecule has 0 fully saturated rings. The molecular weight excluding hydrogens is 270 g/mol. The molecule has 1 amide bonds. The van der Waals surface area contributed by atoms with Gasteiger partial charge in [0.1, 0.15) is 11.5 Å². The zero-order valence-electron chi connectivity index (χ0n) is 11.3. The third kappa shape index (κ3) is 2.94. The summed E-state index contributed by atoms with van der Waals surface area (Å²) in [6.07, 6.45) is 2.99. The summed E-state index contributed by atoms with van der Waals surface area (Å²) in [5, 5.41) is 2.72. The van der Waals surface area contributed by atoms with Gasteiger partial charge in [-0.25, -0.2) is 4.79 Å². The van der Waals surface area contributed by atoms with Gasteiger partial charge in [0.05, 0.1) is 11.0 Å². The number of carbonyl (C=O) groups excluding carboxylic acids is 1. The predicted molar refractivity (Wildman–Crippen MR) is 80.0 cm³/mol. The monoisotopic (exact) mass is 283 g/mol. The third-order valence-electron chi connectivity index (χ3n) is 2.94. The van der Waals surface area contributed by atoms with Crippen molar-refractivity contribution in [2.45, 2.75) is 6.92 Å². The van der Waals surface area contributed by atoms with Crippen LogP contribution in [0.25, 0.3) is 17.1 Å². The summed E-state index contributed by atoms with van der Waals surface area (Å²) in [6.45, 7) is 1.84. The molecule has 1 aromatic carbocycles. The minimum atomic E-state index is -0.277. The quantitative estimate of drug-likeness (QED) is 0.645. The van der Waals surface area contributed by atoms with E-state index >= 15 is 0 Å². The number of amides is 1. The number of anilines is 1. The Balaban J connectivity index is 1.73. The van der Waals surface area contributed by atoms with E-state index in [0.29, 0.717) is 22.5 Å². The molecule has 6 nitrogen and oxygen atoms in total. The molecule has 0 aliphatic carbocycles. The Morgan fingerprint density at radius 2 is 2.00 bits per heavy atom. The lowest BCUT2D eigenvalue weighted by atomic mass is 10.2. The number of rotatable bonds is 3. The van der Waals surface area contributed by atoms with Crippen LogP contribution in [-0.4, -0.2) is 15.9 Å². The van der Waals surface area contributed by atoms with Crippen molar-refractivity contribution >= 4 is 28.7 Å². The Bertz CT molecular complexity index is 883. The SMILES string of the molecule is Cc1ccc(/C=C/C(=O)Nc2ccc3[nH]c(=O)[nH]c3c2)o1. The lowest BCUT2D eigenvalue weighted by Crippen LogP contribution is -2.07. The average Bonchev–Trinajstić information content (AvgIpc) is 3.01. The zero-order valence-corrected chi connectivity index (χ0v) is 11.3. The first-order valence-corrected chi connectivity index (χ1v) is 6.38. The van der Waals surface area contributed by atoms with Crippen LogP contribution in [0.15, 0.2) is 45.6 Å². The number of aryl methyl sites for hydroxylation is 1. The van der Waals surface area contributed by atoms with Gasteiger partial charge in [0.25, 0.3) is 0 Å².